The zero-order valence-electron chi connectivity index (χ0n) is 26.2. The molecule has 3 fully saturated rings. The van der Waals surface area contributed by atoms with Crippen molar-refractivity contribution in [1.82, 2.24) is 0 Å². The number of esters is 4. The van der Waals surface area contributed by atoms with Crippen LogP contribution in [0.3, 0.4) is 0 Å². The number of carbonyl (C=O) groups is 4. The lowest BCUT2D eigenvalue weighted by Gasteiger charge is -2.46. The normalized spacial score (nSPS) is 22.2. The number of aliphatic hydroxyl groups excluding tert-OH is 4. The average Bonchev–Trinajstić information content (AvgIpc) is 3.07. The Morgan fingerprint density at radius 3 is 1.02 bits per heavy atom. The van der Waals surface area contributed by atoms with Gasteiger partial charge in [-0.05, 0) is 47.5 Å². The van der Waals surface area contributed by atoms with Crippen LogP contribution in [0.5, 0.6) is 0 Å². The highest BCUT2D eigenvalue weighted by molar-refractivity contribution is 6.19. The van der Waals surface area contributed by atoms with E-state index in [1.807, 2.05) is 0 Å². The molecule has 4 N–H and O–H groups in total. The van der Waals surface area contributed by atoms with Crippen LogP contribution in [0.25, 0.3) is 12.2 Å². The van der Waals surface area contributed by atoms with Crippen LogP contribution in [-0.4, -0.2) is 108 Å². The van der Waals surface area contributed by atoms with Gasteiger partial charge in [0.05, 0.1) is 26.4 Å². The van der Waals surface area contributed by atoms with E-state index in [1.165, 1.54) is 12.2 Å². The van der Waals surface area contributed by atoms with Gasteiger partial charge in [0.1, 0.15) is 11.1 Å². The Kier molecular flexibility index (Phi) is 10.8. The van der Waals surface area contributed by atoms with Crippen molar-refractivity contribution >= 4 is 47.4 Å². The Bertz CT molecular complexity index is 1390. The van der Waals surface area contributed by atoms with Crippen LogP contribution in [0.4, 0.5) is 11.4 Å². The molecule has 14 nitrogen and oxygen atoms in total. The molecule has 0 unspecified atom stereocenters. The SMILES string of the molecule is O=C1OC2(CCC3(CC2)OC(=O)C(=Cc2ccc(N(CCO)CCO)cc2)C(=O)O3)OC(=O)C1=Cc1ccc(N(CCO)CCO)cc1. The Morgan fingerprint density at radius 1 is 0.500 bits per heavy atom. The quantitative estimate of drug-likeness (QED) is 0.142. The summed E-state index contributed by atoms with van der Waals surface area (Å²) in [6.45, 7) is 0.937. The van der Waals surface area contributed by atoms with Gasteiger partial charge in [-0.25, -0.2) is 19.2 Å². The predicted molar refractivity (Wildman–Crippen MR) is 170 cm³/mol. The van der Waals surface area contributed by atoms with Crippen LogP contribution in [0.2, 0.25) is 0 Å². The summed E-state index contributed by atoms with van der Waals surface area (Å²) in [4.78, 5) is 55.5. The van der Waals surface area contributed by atoms with Crippen molar-refractivity contribution in [3.8, 4) is 0 Å². The van der Waals surface area contributed by atoms with E-state index < -0.39 is 35.5 Å². The molecule has 2 aliphatic heterocycles. The zero-order valence-corrected chi connectivity index (χ0v) is 26.2. The highest BCUT2D eigenvalue weighted by Crippen LogP contribution is 2.45. The van der Waals surface area contributed by atoms with E-state index in [-0.39, 0.29) is 63.3 Å². The first-order valence-electron chi connectivity index (χ1n) is 15.6. The number of ether oxygens (including phenoxy) is 4. The van der Waals surface area contributed by atoms with E-state index in [2.05, 4.69) is 0 Å². The van der Waals surface area contributed by atoms with Crippen LogP contribution in [-0.2, 0) is 38.1 Å². The molecule has 2 spiro atoms. The molecule has 0 atom stereocenters. The summed E-state index contributed by atoms with van der Waals surface area (Å²) in [6, 6.07) is 13.6. The lowest BCUT2D eigenvalue weighted by atomic mass is 9.87. The number of benzene rings is 2. The molecule has 0 bridgehead atoms. The van der Waals surface area contributed by atoms with Gasteiger partial charge < -0.3 is 49.2 Å². The van der Waals surface area contributed by atoms with Crippen molar-refractivity contribution < 1.29 is 58.6 Å². The van der Waals surface area contributed by atoms with Crippen LogP contribution in [0, 0.1) is 0 Å². The molecular weight excluding hydrogens is 628 g/mol. The maximum atomic E-state index is 13.0. The lowest BCUT2D eigenvalue weighted by Crippen LogP contribution is -2.56. The van der Waals surface area contributed by atoms with Crippen LogP contribution < -0.4 is 9.80 Å². The van der Waals surface area contributed by atoms with Crippen LogP contribution >= 0.6 is 0 Å². The third-order valence-electron chi connectivity index (χ3n) is 8.39. The van der Waals surface area contributed by atoms with E-state index >= 15 is 0 Å². The Balaban J connectivity index is 1.20. The fourth-order valence-electron chi connectivity index (χ4n) is 5.88. The van der Waals surface area contributed by atoms with Crippen molar-refractivity contribution in [3.05, 3.63) is 70.8 Å². The van der Waals surface area contributed by atoms with Gasteiger partial charge in [-0.3, -0.25) is 0 Å². The molecule has 2 aromatic carbocycles. The number of aliphatic hydroxyl groups is 4. The monoisotopic (exact) mass is 666 g/mol. The van der Waals surface area contributed by atoms with E-state index in [1.54, 1.807) is 58.3 Å². The van der Waals surface area contributed by atoms with E-state index in [9.17, 15) is 39.6 Å². The van der Waals surface area contributed by atoms with E-state index in [4.69, 9.17) is 18.9 Å². The van der Waals surface area contributed by atoms with Crippen molar-refractivity contribution in [1.29, 1.82) is 0 Å². The van der Waals surface area contributed by atoms with Crippen molar-refractivity contribution in [2.24, 2.45) is 0 Å². The number of anilines is 2. The van der Waals surface area contributed by atoms with Crippen LogP contribution in [0.15, 0.2) is 59.7 Å². The molecule has 256 valence electrons. The topological polar surface area (TPSA) is 193 Å². The second-order valence-electron chi connectivity index (χ2n) is 11.5. The summed E-state index contributed by atoms with van der Waals surface area (Å²) in [7, 11) is 0. The third-order valence-corrected chi connectivity index (χ3v) is 8.39. The van der Waals surface area contributed by atoms with Crippen molar-refractivity contribution in [2.75, 3.05) is 62.4 Å². The molecule has 0 radical (unpaired) electrons. The van der Waals surface area contributed by atoms with Gasteiger partial charge in [0.25, 0.3) is 11.6 Å². The molecule has 2 saturated heterocycles. The van der Waals surface area contributed by atoms with Gasteiger partial charge in [-0.15, -0.1) is 0 Å². The highest BCUT2D eigenvalue weighted by Gasteiger charge is 2.56. The summed E-state index contributed by atoms with van der Waals surface area (Å²) in [5, 5.41) is 37.1. The summed E-state index contributed by atoms with van der Waals surface area (Å²) in [5.41, 5.74) is 1.94. The standard InChI is InChI=1S/C34H38N2O12/c37-17-13-35(14-18-38)25-5-1-23(2-6-25)21-27-29(41)45-33(46-30(27)42)9-11-34(12-10-33)47-31(43)28(32(44)48-34)22-24-3-7-26(8-4-24)36(15-19-39)16-20-40/h1-8,21-22,37-40H,9-20H2. The fraction of sp³-hybridized carbons (Fsp3) is 0.412. The first-order chi connectivity index (χ1) is 23.1. The molecule has 48 heavy (non-hydrogen) atoms. The van der Waals surface area contributed by atoms with Gasteiger partial charge in [0.15, 0.2) is 0 Å². The van der Waals surface area contributed by atoms with Gasteiger partial charge >= 0.3 is 23.9 Å². The number of rotatable bonds is 12. The minimum Gasteiger partial charge on any atom is -0.419 e. The fourth-order valence-corrected chi connectivity index (χ4v) is 5.88. The van der Waals surface area contributed by atoms with Crippen molar-refractivity contribution in [2.45, 2.75) is 37.3 Å². The predicted octanol–water partition coefficient (Wildman–Crippen LogP) is 0.902. The summed E-state index contributed by atoms with van der Waals surface area (Å²) in [5.74, 6) is -6.72. The van der Waals surface area contributed by atoms with E-state index in [0.717, 1.165) is 11.4 Å². The second-order valence-corrected chi connectivity index (χ2v) is 11.5. The summed E-state index contributed by atoms with van der Waals surface area (Å²) in [6.07, 6.45) is 2.41. The highest BCUT2D eigenvalue weighted by atomic mass is 16.8. The van der Waals surface area contributed by atoms with Gasteiger partial charge in [-0.1, -0.05) is 24.3 Å². The molecule has 2 heterocycles. The number of nitrogens with zero attached hydrogens (tertiary/aromatic N) is 2. The van der Waals surface area contributed by atoms with Gasteiger partial charge in [0, 0.05) is 63.2 Å². The molecule has 14 heteroatoms. The van der Waals surface area contributed by atoms with E-state index in [0.29, 0.717) is 37.3 Å². The number of hydrogen-bond donors (Lipinski definition) is 4. The van der Waals surface area contributed by atoms with Gasteiger partial charge in [-0.2, -0.15) is 0 Å². The summed E-state index contributed by atoms with van der Waals surface area (Å²) < 4.78 is 22.4. The first-order valence-corrected chi connectivity index (χ1v) is 15.6. The second kappa shape index (κ2) is 15.0. The lowest BCUT2D eigenvalue weighted by molar-refractivity contribution is -0.291. The molecular formula is C34H38N2O12. The molecule has 5 rings (SSSR count). The third kappa shape index (κ3) is 7.68. The van der Waals surface area contributed by atoms with Gasteiger partial charge in [0.2, 0.25) is 0 Å². The Labute approximate surface area is 276 Å². The average molecular weight is 667 g/mol. The molecule has 3 aliphatic rings. The Hall–Kier alpha value is -4.76. The minimum atomic E-state index is -1.60. The van der Waals surface area contributed by atoms with Crippen LogP contribution in [0.1, 0.15) is 36.8 Å². The molecule has 1 aliphatic carbocycles. The summed E-state index contributed by atoms with van der Waals surface area (Å²) >= 11 is 0. The maximum Gasteiger partial charge on any atom is 0.348 e. The minimum absolute atomic E-state index is 0.0722. The maximum absolute atomic E-state index is 13.0. The number of hydrogen-bond acceptors (Lipinski definition) is 14. The molecule has 0 aromatic heterocycles. The Morgan fingerprint density at radius 2 is 0.771 bits per heavy atom. The molecule has 0 amide bonds. The molecule has 2 aromatic rings. The smallest absolute Gasteiger partial charge is 0.348 e. The molecule has 1 saturated carbocycles. The zero-order chi connectivity index (χ0) is 34.3. The number of carbonyl (C=O) groups excluding carboxylic acids is 4. The van der Waals surface area contributed by atoms with Crippen molar-refractivity contribution in [3.63, 3.8) is 0 Å². The first kappa shape index (κ1) is 34.6. The largest absolute Gasteiger partial charge is 0.419 e.